The van der Waals surface area contributed by atoms with Crippen LogP contribution in [0.1, 0.15) is 18.0 Å². The molecule has 0 saturated heterocycles. The zero-order valence-corrected chi connectivity index (χ0v) is 18.0. The average molecular weight is 472 g/mol. The molecule has 2 aromatic carbocycles. The van der Waals surface area contributed by atoms with E-state index in [0.29, 0.717) is 24.5 Å². The van der Waals surface area contributed by atoms with Crippen LogP contribution in [-0.2, 0) is 24.3 Å². The van der Waals surface area contributed by atoms with Crippen molar-refractivity contribution in [2.45, 2.75) is 17.4 Å². The number of nitrogens with one attached hydrogen (secondary N) is 1. The van der Waals surface area contributed by atoms with Crippen LogP contribution in [0.2, 0.25) is 0 Å². The van der Waals surface area contributed by atoms with Gasteiger partial charge in [0.05, 0.1) is 31.1 Å². The lowest BCUT2D eigenvalue weighted by atomic mass is 10.1. The maximum absolute atomic E-state index is 12.8. The van der Waals surface area contributed by atoms with Crippen LogP contribution >= 0.6 is 15.9 Å². The van der Waals surface area contributed by atoms with Crippen LogP contribution in [0.15, 0.2) is 57.9 Å². The zero-order valence-electron chi connectivity index (χ0n) is 15.6. The number of hydrogen-bond acceptors (Lipinski definition) is 6. The molecule has 9 heteroatoms. The highest BCUT2D eigenvalue weighted by Crippen LogP contribution is 2.24. The molecule has 1 unspecified atom stereocenters. The maximum Gasteiger partial charge on any atom is 0.307 e. The van der Waals surface area contributed by atoms with Crippen LogP contribution in [0.5, 0.6) is 5.75 Å². The number of methoxy groups -OCH3 is 2. The monoisotopic (exact) mass is 471 g/mol. The molecule has 7 nitrogen and oxygen atoms in total. The van der Waals surface area contributed by atoms with E-state index in [9.17, 15) is 13.2 Å². The first-order chi connectivity index (χ1) is 13.4. The zero-order chi connectivity index (χ0) is 20.6. The molecular weight excluding hydrogens is 450 g/mol. The molecule has 28 heavy (non-hydrogen) atoms. The van der Waals surface area contributed by atoms with E-state index in [1.165, 1.54) is 19.2 Å². The third kappa shape index (κ3) is 6.59. The molecule has 2 aromatic rings. The molecule has 152 valence electrons. The van der Waals surface area contributed by atoms with Crippen molar-refractivity contribution in [3.05, 3.63) is 58.6 Å². The van der Waals surface area contributed by atoms with Crippen molar-refractivity contribution < 1.29 is 27.4 Å². The van der Waals surface area contributed by atoms with E-state index in [-0.39, 0.29) is 11.3 Å². The molecule has 0 saturated carbocycles. The van der Waals surface area contributed by atoms with Gasteiger partial charge in [0.15, 0.2) is 0 Å². The van der Waals surface area contributed by atoms with E-state index in [1.807, 2.05) is 6.07 Å². The highest BCUT2D eigenvalue weighted by atomic mass is 79.9. The smallest absolute Gasteiger partial charge is 0.307 e. The molecular formula is C19H22BrNO6S. The molecule has 0 heterocycles. The topological polar surface area (TPSA) is 90.9 Å². The molecule has 0 bridgehead atoms. The molecule has 1 atom stereocenters. The number of halogens is 1. The fourth-order valence-electron chi connectivity index (χ4n) is 2.41. The van der Waals surface area contributed by atoms with Crippen LogP contribution in [0.25, 0.3) is 0 Å². The van der Waals surface area contributed by atoms with E-state index in [0.717, 1.165) is 4.47 Å². The molecule has 0 spiro atoms. The van der Waals surface area contributed by atoms with Gasteiger partial charge in [0, 0.05) is 11.6 Å². The van der Waals surface area contributed by atoms with Crippen LogP contribution in [0, 0.1) is 0 Å². The van der Waals surface area contributed by atoms with E-state index in [2.05, 4.69) is 20.7 Å². The molecule has 1 N–H and O–H groups in total. The summed E-state index contributed by atoms with van der Waals surface area (Å²) in [5.74, 6) is 0.0173. The Morgan fingerprint density at radius 3 is 2.43 bits per heavy atom. The summed E-state index contributed by atoms with van der Waals surface area (Å²) in [4.78, 5) is 11.8. The first kappa shape index (κ1) is 22.4. The quantitative estimate of drug-likeness (QED) is 0.422. The first-order valence-electron chi connectivity index (χ1n) is 8.42. The van der Waals surface area contributed by atoms with Gasteiger partial charge in [-0.1, -0.05) is 28.1 Å². The number of hydrogen-bond donors (Lipinski definition) is 1. The molecule has 0 amide bonds. The molecule has 0 radical (unpaired) electrons. The Balaban J connectivity index is 2.20. The van der Waals surface area contributed by atoms with Crippen molar-refractivity contribution in [1.29, 1.82) is 0 Å². The summed E-state index contributed by atoms with van der Waals surface area (Å²) in [6, 6.07) is 12.3. The Bertz CT molecular complexity index is 886. The minimum atomic E-state index is -3.87. The number of rotatable bonds is 10. The maximum atomic E-state index is 12.8. The lowest BCUT2D eigenvalue weighted by Gasteiger charge is -2.19. The normalized spacial score (nSPS) is 12.4. The second-order valence-electron chi connectivity index (χ2n) is 5.82. The molecule has 0 aliphatic carbocycles. The van der Waals surface area contributed by atoms with Gasteiger partial charge < -0.3 is 14.2 Å². The average Bonchev–Trinajstić information content (AvgIpc) is 2.68. The van der Waals surface area contributed by atoms with Crippen LogP contribution < -0.4 is 9.46 Å². The third-order valence-electron chi connectivity index (χ3n) is 3.84. The van der Waals surface area contributed by atoms with Gasteiger partial charge in [0.1, 0.15) is 12.4 Å². The number of esters is 1. The standard InChI is InChI=1S/C19H22BrNO6S/c1-25-10-11-27-16-6-8-17(9-7-16)28(23,24)21-18(13-19(22)26-2)14-4-3-5-15(20)12-14/h3-9,12,18,21H,10-11,13H2,1-2H3. The van der Waals surface area contributed by atoms with Gasteiger partial charge >= 0.3 is 5.97 Å². The summed E-state index contributed by atoms with van der Waals surface area (Å²) in [7, 11) is -1.04. The van der Waals surface area contributed by atoms with E-state index < -0.39 is 22.0 Å². The molecule has 0 aliphatic rings. The van der Waals surface area contributed by atoms with Gasteiger partial charge in [0.2, 0.25) is 10.0 Å². The second-order valence-corrected chi connectivity index (χ2v) is 8.45. The lowest BCUT2D eigenvalue weighted by molar-refractivity contribution is -0.141. The Morgan fingerprint density at radius 2 is 1.82 bits per heavy atom. The summed E-state index contributed by atoms with van der Waals surface area (Å²) >= 11 is 3.36. The van der Waals surface area contributed by atoms with E-state index in [4.69, 9.17) is 14.2 Å². The van der Waals surface area contributed by atoms with E-state index >= 15 is 0 Å². The van der Waals surface area contributed by atoms with Crippen molar-refractivity contribution >= 4 is 31.9 Å². The molecule has 2 rings (SSSR count). The SMILES string of the molecule is COCCOc1ccc(S(=O)(=O)NC(CC(=O)OC)c2cccc(Br)c2)cc1. The summed E-state index contributed by atoms with van der Waals surface area (Å²) in [5.41, 5.74) is 0.642. The van der Waals surface area contributed by atoms with Crippen molar-refractivity contribution in [3.63, 3.8) is 0 Å². The highest BCUT2D eigenvalue weighted by molar-refractivity contribution is 9.10. The van der Waals surface area contributed by atoms with Crippen LogP contribution in [-0.4, -0.2) is 41.8 Å². The van der Waals surface area contributed by atoms with Crippen molar-refractivity contribution in [1.82, 2.24) is 4.72 Å². The van der Waals surface area contributed by atoms with Gasteiger partial charge in [-0.05, 0) is 42.0 Å². The molecule has 0 fully saturated rings. The van der Waals surface area contributed by atoms with Gasteiger partial charge in [-0.3, -0.25) is 4.79 Å². The van der Waals surface area contributed by atoms with Gasteiger partial charge in [-0.25, -0.2) is 13.1 Å². The number of carbonyl (C=O) groups is 1. The third-order valence-corrected chi connectivity index (χ3v) is 5.82. The fraction of sp³-hybridized carbons (Fsp3) is 0.316. The predicted octanol–water partition coefficient (Wildman–Crippen LogP) is 3.06. The molecule has 0 aromatic heterocycles. The number of carbonyl (C=O) groups excluding carboxylic acids is 1. The highest BCUT2D eigenvalue weighted by Gasteiger charge is 2.24. The van der Waals surface area contributed by atoms with Crippen molar-refractivity contribution in [2.75, 3.05) is 27.4 Å². The van der Waals surface area contributed by atoms with Crippen molar-refractivity contribution in [2.24, 2.45) is 0 Å². The molecule has 0 aliphatic heterocycles. The van der Waals surface area contributed by atoms with Crippen molar-refractivity contribution in [3.8, 4) is 5.75 Å². The van der Waals surface area contributed by atoms with Gasteiger partial charge in [-0.15, -0.1) is 0 Å². The minimum absolute atomic E-state index is 0.0662. The van der Waals surface area contributed by atoms with E-state index in [1.54, 1.807) is 37.4 Å². The largest absolute Gasteiger partial charge is 0.491 e. The first-order valence-corrected chi connectivity index (χ1v) is 10.7. The summed E-state index contributed by atoms with van der Waals surface area (Å²) < 4.78 is 44.0. The number of benzene rings is 2. The summed E-state index contributed by atoms with van der Waals surface area (Å²) in [6.45, 7) is 0.800. The predicted molar refractivity (Wildman–Crippen MR) is 108 cm³/mol. The Kier molecular flexibility index (Phi) is 8.43. The fourth-order valence-corrected chi connectivity index (χ4v) is 4.06. The Labute approximate surface area is 173 Å². The second kappa shape index (κ2) is 10.6. The number of sulfonamides is 1. The Morgan fingerprint density at radius 1 is 1.11 bits per heavy atom. The van der Waals surface area contributed by atoms with Crippen LogP contribution in [0.4, 0.5) is 0 Å². The lowest BCUT2D eigenvalue weighted by Crippen LogP contribution is -2.30. The summed E-state index contributed by atoms with van der Waals surface area (Å²) in [5, 5.41) is 0. The summed E-state index contributed by atoms with van der Waals surface area (Å²) in [6.07, 6.45) is -0.135. The van der Waals surface area contributed by atoms with Crippen LogP contribution in [0.3, 0.4) is 0 Å². The Hall–Kier alpha value is -1.94. The number of ether oxygens (including phenoxy) is 3. The minimum Gasteiger partial charge on any atom is -0.491 e. The van der Waals surface area contributed by atoms with Gasteiger partial charge in [-0.2, -0.15) is 0 Å². The van der Waals surface area contributed by atoms with Gasteiger partial charge in [0.25, 0.3) is 0 Å².